The first-order valence-corrected chi connectivity index (χ1v) is 8.04. The maximum absolute atomic E-state index is 11.8. The number of guanidine groups is 1. The van der Waals surface area contributed by atoms with E-state index in [0.29, 0.717) is 5.96 Å². The Morgan fingerprint density at radius 2 is 1.90 bits per heavy atom. The van der Waals surface area contributed by atoms with Crippen molar-refractivity contribution in [2.75, 3.05) is 31.7 Å². The van der Waals surface area contributed by atoms with E-state index in [1.165, 1.54) is 0 Å². The number of rotatable bonds is 6. The topological polar surface area (TPSA) is 65.5 Å². The summed E-state index contributed by atoms with van der Waals surface area (Å²) in [4.78, 5) is 15.9. The van der Waals surface area contributed by atoms with E-state index in [1.54, 1.807) is 18.8 Å². The summed E-state index contributed by atoms with van der Waals surface area (Å²) in [5.74, 6) is 0.522. The normalized spacial score (nSPS) is 11.9. The predicted molar refractivity (Wildman–Crippen MR) is 92.0 cm³/mol. The summed E-state index contributed by atoms with van der Waals surface area (Å²) < 4.78 is 0.115. The highest BCUT2D eigenvalue weighted by Gasteiger charge is 2.16. The highest BCUT2D eigenvalue weighted by molar-refractivity contribution is 7.99. The second-order valence-corrected chi connectivity index (χ2v) is 6.67. The van der Waals surface area contributed by atoms with Gasteiger partial charge in [-0.05, 0) is 32.2 Å². The average molecular weight is 308 g/mol. The van der Waals surface area contributed by atoms with Gasteiger partial charge in [0.1, 0.15) is 0 Å². The van der Waals surface area contributed by atoms with Crippen molar-refractivity contribution in [3.8, 4) is 0 Å². The van der Waals surface area contributed by atoms with Gasteiger partial charge in [0.25, 0.3) is 0 Å². The lowest BCUT2D eigenvalue weighted by Crippen LogP contribution is -2.45. The van der Waals surface area contributed by atoms with Gasteiger partial charge in [0.05, 0.1) is 6.54 Å². The highest BCUT2D eigenvalue weighted by atomic mass is 32.2. The third-order valence-corrected chi connectivity index (χ3v) is 4.18. The zero-order valence-electron chi connectivity index (χ0n) is 13.1. The number of hydrogen-bond acceptors (Lipinski definition) is 3. The van der Waals surface area contributed by atoms with E-state index in [4.69, 9.17) is 0 Å². The van der Waals surface area contributed by atoms with Gasteiger partial charge in [-0.1, -0.05) is 18.2 Å². The fraction of sp³-hybridized carbons (Fsp3) is 0.467. The quantitative estimate of drug-likeness (QED) is 0.555. The molecular weight excluding hydrogens is 284 g/mol. The predicted octanol–water partition coefficient (Wildman–Crippen LogP) is 1.93. The largest absolute Gasteiger partial charge is 0.355 e. The molecule has 1 aromatic rings. The Balaban J connectivity index is 2.36. The molecule has 0 saturated heterocycles. The standard InChI is InChI=1S/C15H24N4OS/c1-15(2,21-4)11-18-14(16-3)17-10-13(20)19-12-8-6-5-7-9-12/h5-9H,10-11H2,1-4H3,(H,19,20)(H2,16,17,18). The molecule has 1 aromatic carbocycles. The molecule has 1 amide bonds. The van der Waals surface area contributed by atoms with Crippen LogP contribution in [-0.4, -0.2) is 43.0 Å². The molecule has 0 atom stereocenters. The molecule has 5 nitrogen and oxygen atoms in total. The van der Waals surface area contributed by atoms with Gasteiger partial charge in [0.2, 0.25) is 5.91 Å². The van der Waals surface area contributed by atoms with Crippen molar-refractivity contribution in [2.45, 2.75) is 18.6 Å². The number of nitrogens with zero attached hydrogens (tertiary/aromatic N) is 1. The van der Waals surface area contributed by atoms with Crippen LogP contribution in [0.5, 0.6) is 0 Å². The smallest absolute Gasteiger partial charge is 0.243 e. The Hall–Kier alpha value is -1.69. The van der Waals surface area contributed by atoms with Gasteiger partial charge >= 0.3 is 0 Å². The van der Waals surface area contributed by atoms with Crippen LogP contribution in [0.4, 0.5) is 5.69 Å². The monoisotopic (exact) mass is 308 g/mol. The van der Waals surface area contributed by atoms with Gasteiger partial charge in [-0.25, -0.2) is 0 Å². The minimum atomic E-state index is -0.103. The Kier molecular flexibility index (Phi) is 7.08. The van der Waals surface area contributed by atoms with Crippen LogP contribution in [0, 0.1) is 0 Å². The molecule has 0 bridgehead atoms. The first-order chi connectivity index (χ1) is 9.96. The Morgan fingerprint density at radius 1 is 1.24 bits per heavy atom. The summed E-state index contributed by atoms with van der Waals surface area (Å²) >= 11 is 1.78. The number of para-hydroxylation sites is 1. The number of carbonyl (C=O) groups excluding carboxylic acids is 1. The maximum atomic E-state index is 11.8. The minimum Gasteiger partial charge on any atom is -0.355 e. The van der Waals surface area contributed by atoms with Gasteiger partial charge in [0.15, 0.2) is 5.96 Å². The van der Waals surface area contributed by atoms with E-state index in [9.17, 15) is 4.79 Å². The second kappa shape index (κ2) is 8.56. The number of aliphatic imine (C=N–C) groups is 1. The van der Waals surface area contributed by atoms with Crippen molar-refractivity contribution in [1.29, 1.82) is 0 Å². The van der Waals surface area contributed by atoms with Crippen LogP contribution >= 0.6 is 11.8 Å². The number of nitrogens with one attached hydrogen (secondary N) is 3. The molecule has 0 fully saturated rings. The van der Waals surface area contributed by atoms with E-state index in [-0.39, 0.29) is 17.2 Å². The molecule has 0 aliphatic rings. The van der Waals surface area contributed by atoms with Crippen LogP contribution in [0.1, 0.15) is 13.8 Å². The maximum Gasteiger partial charge on any atom is 0.243 e. The number of hydrogen-bond donors (Lipinski definition) is 3. The summed E-state index contributed by atoms with van der Waals surface area (Å²) in [6, 6.07) is 9.38. The molecule has 6 heteroatoms. The molecule has 116 valence electrons. The molecule has 0 aliphatic heterocycles. The number of amides is 1. The van der Waals surface area contributed by atoms with E-state index in [2.05, 4.69) is 41.0 Å². The summed E-state index contributed by atoms with van der Waals surface area (Å²) in [6.45, 7) is 5.25. The van der Waals surface area contributed by atoms with Crippen molar-refractivity contribution >= 4 is 29.3 Å². The Bertz CT molecular complexity index is 474. The fourth-order valence-corrected chi connectivity index (χ4v) is 1.70. The van der Waals surface area contributed by atoms with Gasteiger partial charge in [-0.3, -0.25) is 9.79 Å². The van der Waals surface area contributed by atoms with Crippen molar-refractivity contribution in [1.82, 2.24) is 10.6 Å². The molecule has 0 radical (unpaired) electrons. The lowest BCUT2D eigenvalue weighted by atomic mass is 10.2. The summed E-state index contributed by atoms with van der Waals surface area (Å²) in [5.41, 5.74) is 0.788. The number of thioether (sulfide) groups is 1. The molecule has 21 heavy (non-hydrogen) atoms. The molecule has 1 rings (SSSR count). The zero-order chi connectivity index (χ0) is 15.7. The summed E-state index contributed by atoms with van der Waals surface area (Å²) in [7, 11) is 1.69. The third kappa shape index (κ3) is 7.04. The van der Waals surface area contributed by atoms with Crippen LogP contribution in [0.25, 0.3) is 0 Å². The van der Waals surface area contributed by atoms with E-state index < -0.39 is 0 Å². The molecule has 0 heterocycles. The number of anilines is 1. The van der Waals surface area contributed by atoms with Gasteiger partial charge in [0, 0.05) is 24.0 Å². The van der Waals surface area contributed by atoms with Crippen molar-refractivity contribution in [3.63, 3.8) is 0 Å². The fourth-order valence-electron chi connectivity index (χ4n) is 1.48. The van der Waals surface area contributed by atoms with Crippen LogP contribution in [0.15, 0.2) is 35.3 Å². The molecular formula is C15H24N4OS. The molecule has 3 N–H and O–H groups in total. The van der Waals surface area contributed by atoms with Crippen molar-refractivity contribution < 1.29 is 4.79 Å². The second-order valence-electron chi connectivity index (χ2n) is 5.16. The first kappa shape index (κ1) is 17.4. The average Bonchev–Trinajstić information content (AvgIpc) is 2.48. The van der Waals surface area contributed by atoms with Crippen LogP contribution in [0.2, 0.25) is 0 Å². The molecule has 0 aliphatic carbocycles. The number of carbonyl (C=O) groups is 1. The van der Waals surface area contributed by atoms with Crippen LogP contribution in [-0.2, 0) is 4.79 Å². The Labute approximate surface area is 131 Å². The third-order valence-electron chi connectivity index (χ3n) is 2.93. The minimum absolute atomic E-state index is 0.103. The number of benzene rings is 1. The SMILES string of the molecule is CN=C(NCC(=O)Nc1ccccc1)NCC(C)(C)SC. The molecule has 0 unspecified atom stereocenters. The summed E-state index contributed by atoms with van der Waals surface area (Å²) in [6.07, 6.45) is 2.07. The van der Waals surface area contributed by atoms with E-state index >= 15 is 0 Å². The van der Waals surface area contributed by atoms with Crippen LogP contribution < -0.4 is 16.0 Å². The van der Waals surface area contributed by atoms with E-state index in [0.717, 1.165) is 12.2 Å². The van der Waals surface area contributed by atoms with Gasteiger partial charge in [-0.15, -0.1) is 0 Å². The van der Waals surface area contributed by atoms with Gasteiger partial charge < -0.3 is 16.0 Å². The first-order valence-electron chi connectivity index (χ1n) is 6.81. The summed E-state index contributed by atoms with van der Waals surface area (Å²) in [5, 5.41) is 9.04. The lowest BCUT2D eigenvalue weighted by Gasteiger charge is -2.23. The van der Waals surface area contributed by atoms with Gasteiger partial charge in [-0.2, -0.15) is 11.8 Å². The lowest BCUT2D eigenvalue weighted by molar-refractivity contribution is -0.115. The Morgan fingerprint density at radius 3 is 2.48 bits per heavy atom. The van der Waals surface area contributed by atoms with Crippen LogP contribution in [0.3, 0.4) is 0 Å². The molecule has 0 aromatic heterocycles. The van der Waals surface area contributed by atoms with E-state index in [1.807, 2.05) is 30.3 Å². The van der Waals surface area contributed by atoms with Crippen molar-refractivity contribution in [2.24, 2.45) is 4.99 Å². The molecule has 0 saturated carbocycles. The highest BCUT2D eigenvalue weighted by Crippen LogP contribution is 2.19. The molecule has 0 spiro atoms. The van der Waals surface area contributed by atoms with Crippen molar-refractivity contribution in [3.05, 3.63) is 30.3 Å². The zero-order valence-corrected chi connectivity index (χ0v) is 13.9.